The Bertz CT molecular complexity index is 559. The molecule has 19 heavy (non-hydrogen) atoms. The second-order valence-corrected chi connectivity index (χ2v) is 7.65. The third kappa shape index (κ3) is 3.78. The van der Waals surface area contributed by atoms with Gasteiger partial charge in [0.25, 0.3) is 0 Å². The Balaban J connectivity index is 2.20. The van der Waals surface area contributed by atoms with Crippen molar-refractivity contribution >= 4 is 26.0 Å². The quantitative estimate of drug-likeness (QED) is 0.881. The molecule has 0 amide bonds. The molecule has 1 aromatic rings. The van der Waals surface area contributed by atoms with Gasteiger partial charge in [0.1, 0.15) is 0 Å². The van der Waals surface area contributed by atoms with Crippen LogP contribution in [0.3, 0.4) is 0 Å². The molecule has 0 saturated heterocycles. The van der Waals surface area contributed by atoms with Crippen molar-refractivity contribution in [3.8, 4) is 0 Å². The zero-order valence-corrected chi connectivity index (χ0v) is 13.2. The third-order valence-electron chi connectivity index (χ3n) is 3.41. The van der Waals surface area contributed by atoms with E-state index < -0.39 is 16.1 Å². The lowest BCUT2D eigenvalue weighted by atomic mass is 9.94. The highest BCUT2D eigenvalue weighted by molar-refractivity contribution is 9.10. The van der Waals surface area contributed by atoms with Crippen molar-refractivity contribution in [2.24, 2.45) is 0 Å². The lowest BCUT2D eigenvalue weighted by molar-refractivity contribution is 0.117. The summed E-state index contributed by atoms with van der Waals surface area (Å²) >= 11 is 3.29. The van der Waals surface area contributed by atoms with Crippen molar-refractivity contribution in [1.29, 1.82) is 0 Å². The van der Waals surface area contributed by atoms with Crippen molar-refractivity contribution in [2.45, 2.75) is 49.6 Å². The predicted molar refractivity (Wildman–Crippen MR) is 77.5 cm³/mol. The molecule has 1 aliphatic carbocycles. The number of sulfonamides is 1. The second-order valence-electron chi connectivity index (χ2n) is 5.05. The number of aliphatic hydroxyl groups is 1. The zero-order valence-electron chi connectivity index (χ0n) is 10.8. The Kier molecular flexibility index (Phi) is 4.66. The van der Waals surface area contributed by atoms with Gasteiger partial charge in [0.2, 0.25) is 10.0 Å². The first-order valence-corrected chi connectivity index (χ1v) is 8.62. The van der Waals surface area contributed by atoms with Gasteiger partial charge in [-0.05, 0) is 50.3 Å². The molecule has 4 nitrogen and oxygen atoms in total. The van der Waals surface area contributed by atoms with Crippen LogP contribution in [0.15, 0.2) is 27.6 Å². The molecule has 1 aromatic carbocycles. The molecule has 1 saturated carbocycles. The average molecular weight is 348 g/mol. The molecule has 0 aromatic heterocycles. The number of aryl methyl sites for hydroxylation is 1. The molecule has 1 fully saturated rings. The highest BCUT2D eigenvalue weighted by atomic mass is 79.9. The minimum Gasteiger partial charge on any atom is -0.393 e. The van der Waals surface area contributed by atoms with Gasteiger partial charge in [-0.2, -0.15) is 0 Å². The van der Waals surface area contributed by atoms with E-state index >= 15 is 0 Å². The molecule has 0 radical (unpaired) electrons. The number of benzene rings is 1. The van der Waals surface area contributed by atoms with Gasteiger partial charge in [-0.3, -0.25) is 0 Å². The molecule has 0 bridgehead atoms. The van der Waals surface area contributed by atoms with Crippen LogP contribution in [0.25, 0.3) is 0 Å². The number of hydrogen-bond acceptors (Lipinski definition) is 3. The van der Waals surface area contributed by atoms with Crippen LogP contribution < -0.4 is 4.72 Å². The zero-order chi connectivity index (χ0) is 14.0. The number of rotatable bonds is 3. The highest BCUT2D eigenvalue weighted by Gasteiger charge is 2.26. The van der Waals surface area contributed by atoms with E-state index in [-0.39, 0.29) is 6.04 Å². The van der Waals surface area contributed by atoms with Crippen LogP contribution in [-0.4, -0.2) is 25.7 Å². The molecule has 0 aliphatic heterocycles. The summed E-state index contributed by atoms with van der Waals surface area (Å²) in [5.74, 6) is 0. The van der Waals surface area contributed by atoms with E-state index in [2.05, 4.69) is 20.7 Å². The van der Waals surface area contributed by atoms with Gasteiger partial charge < -0.3 is 5.11 Å². The minimum atomic E-state index is -3.53. The fourth-order valence-electron chi connectivity index (χ4n) is 2.42. The first kappa shape index (κ1) is 15.0. The first-order valence-electron chi connectivity index (χ1n) is 6.35. The maximum Gasteiger partial charge on any atom is 0.241 e. The van der Waals surface area contributed by atoms with Crippen LogP contribution in [0.5, 0.6) is 0 Å². The molecule has 2 unspecified atom stereocenters. The van der Waals surface area contributed by atoms with Crippen molar-refractivity contribution in [2.75, 3.05) is 0 Å². The average Bonchev–Trinajstić information content (AvgIpc) is 2.31. The molecule has 0 spiro atoms. The Morgan fingerprint density at radius 2 is 2.11 bits per heavy atom. The molecule has 2 rings (SSSR count). The summed E-state index contributed by atoms with van der Waals surface area (Å²) in [5, 5.41) is 9.60. The summed E-state index contributed by atoms with van der Waals surface area (Å²) < 4.78 is 28.2. The van der Waals surface area contributed by atoms with Crippen molar-refractivity contribution in [1.82, 2.24) is 4.72 Å². The Morgan fingerprint density at radius 1 is 1.37 bits per heavy atom. The molecule has 2 N–H and O–H groups in total. The second kappa shape index (κ2) is 5.91. The summed E-state index contributed by atoms with van der Waals surface area (Å²) in [6, 6.07) is 5.02. The van der Waals surface area contributed by atoms with E-state index in [1.165, 1.54) is 0 Å². The lowest BCUT2D eigenvalue weighted by Gasteiger charge is -2.26. The maximum atomic E-state index is 12.4. The highest BCUT2D eigenvalue weighted by Crippen LogP contribution is 2.24. The SMILES string of the molecule is Cc1ccc(Br)cc1S(=O)(=O)NC1CCCC(O)C1. The summed E-state index contributed by atoms with van der Waals surface area (Å²) in [5.41, 5.74) is 0.715. The van der Waals surface area contributed by atoms with E-state index in [1.54, 1.807) is 19.1 Å². The van der Waals surface area contributed by atoms with E-state index in [0.717, 1.165) is 23.7 Å². The fourth-order valence-corrected chi connectivity index (χ4v) is 4.48. The van der Waals surface area contributed by atoms with Crippen LogP contribution in [-0.2, 0) is 10.0 Å². The monoisotopic (exact) mass is 347 g/mol. The molecule has 6 heteroatoms. The summed E-state index contributed by atoms with van der Waals surface area (Å²) in [6.45, 7) is 1.77. The Hall–Kier alpha value is -0.430. The Labute approximate surface area is 122 Å². The first-order chi connectivity index (χ1) is 8.88. The van der Waals surface area contributed by atoms with Crippen molar-refractivity contribution in [3.63, 3.8) is 0 Å². The van der Waals surface area contributed by atoms with Crippen LogP contribution in [0.1, 0.15) is 31.2 Å². The van der Waals surface area contributed by atoms with Crippen LogP contribution >= 0.6 is 15.9 Å². The van der Waals surface area contributed by atoms with Crippen LogP contribution in [0, 0.1) is 6.92 Å². The smallest absolute Gasteiger partial charge is 0.241 e. The van der Waals surface area contributed by atoms with Crippen LogP contribution in [0.2, 0.25) is 0 Å². The van der Waals surface area contributed by atoms with Crippen LogP contribution in [0.4, 0.5) is 0 Å². The number of aliphatic hydroxyl groups excluding tert-OH is 1. The van der Waals surface area contributed by atoms with E-state index in [9.17, 15) is 13.5 Å². The molecule has 0 heterocycles. The van der Waals surface area contributed by atoms with Gasteiger partial charge in [-0.1, -0.05) is 22.0 Å². The lowest BCUT2D eigenvalue weighted by Crippen LogP contribution is -2.39. The van der Waals surface area contributed by atoms with Gasteiger partial charge >= 0.3 is 0 Å². The fraction of sp³-hybridized carbons (Fsp3) is 0.538. The molecule has 1 aliphatic rings. The summed E-state index contributed by atoms with van der Waals surface area (Å²) in [7, 11) is -3.53. The van der Waals surface area contributed by atoms with Crippen molar-refractivity contribution in [3.05, 3.63) is 28.2 Å². The predicted octanol–water partition coefficient (Wildman–Crippen LogP) is 2.34. The van der Waals surface area contributed by atoms with Gasteiger partial charge in [0.05, 0.1) is 11.0 Å². The maximum absolute atomic E-state index is 12.4. The topological polar surface area (TPSA) is 66.4 Å². The minimum absolute atomic E-state index is 0.174. The number of hydrogen-bond donors (Lipinski definition) is 2. The standard InChI is InChI=1S/C13H18BrNO3S/c1-9-5-6-10(14)7-13(9)19(17,18)15-11-3-2-4-12(16)8-11/h5-7,11-12,15-16H,2-4,8H2,1H3. The van der Waals surface area contributed by atoms with Crippen molar-refractivity contribution < 1.29 is 13.5 Å². The van der Waals surface area contributed by atoms with Gasteiger partial charge in [-0.25, -0.2) is 13.1 Å². The molecule has 2 atom stereocenters. The number of nitrogens with one attached hydrogen (secondary N) is 1. The van der Waals surface area contributed by atoms with E-state index in [1.807, 2.05) is 6.07 Å². The molecule has 106 valence electrons. The van der Waals surface area contributed by atoms with E-state index in [4.69, 9.17) is 0 Å². The van der Waals surface area contributed by atoms with E-state index in [0.29, 0.717) is 16.9 Å². The molecular formula is C13H18BrNO3S. The van der Waals surface area contributed by atoms with Gasteiger partial charge in [0, 0.05) is 10.5 Å². The largest absolute Gasteiger partial charge is 0.393 e. The summed E-state index contributed by atoms with van der Waals surface area (Å²) in [4.78, 5) is 0.293. The van der Waals surface area contributed by atoms with Gasteiger partial charge in [0.15, 0.2) is 0 Å². The van der Waals surface area contributed by atoms with Gasteiger partial charge in [-0.15, -0.1) is 0 Å². The number of halogens is 1. The summed E-state index contributed by atoms with van der Waals surface area (Å²) in [6.07, 6.45) is 2.49. The Morgan fingerprint density at radius 3 is 2.79 bits per heavy atom. The normalized spacial score (nSPS) is 24.4. The third-order valence-corrected chi connectivity index (χ3v) is 5.56. The molecular weight excluding hydrogens is 330 g/mol.